The number of hydrogen-bond donors (Lipinski definition) is 2. The number of halogens is 1. The van der Waals surface area contributed by atoms with E-state index in [9.17, 15) is 0 Å². The third-order valence-electron chi connectivity index (χ3n) is 5.95. The topological polar surface area (TPSA) is 67.4 Å². The molecule has 0 spiro atoms. The van der Waals surface area contributed by atoms with E-state index in [1.807, 2.05) is 6.07 Å². The van der Waals surface area contributed by atoms with Gasteiger partial charge >= 0.3 is 0 Å². The lowest BCUT2D eigenvalue weighted by atomic mass is 10.0. The summed E-state index contributed by atoms with van der Waals surface area (Å²) in [6.45, 7) is 9.01. The molecule has 0 aromatic heterocycles. The summed E-state index contributed by atoms with van der Waals surface area (Å²) < 4.78 is 16.9. The summed E-state index contributed by atoms with van der Waals surface area (Å²) in [6, 6.07) is 8.58. The maximum atomic E-state index is 5.86. The molecule has 32 heavy (non-hydrogen) atoms. The molecule has 2 fully saturated rings. The first-order valence-corrected chi connectivity index (χ1v) is 11.9. The van der Waals surface area contributed by atoms with Gasteiger partial charge in [0, 0.05) is 31.9 Å². The molecular weight excluding hydrogens is 519 g/mol. The van der Waals surface area contributed by atoms with Crippen molar-refractivity contribution in [1.82, 2.24) is 15.5 Å². The van der Waals surface area contributed by atoms with Crippen molar-refractivity contribution in [3.63, 3.8) is 0 Å². The zero-order valence-electron chi connectivity index (χ0n) is 19.7. The minimum atomic E-state index is 0. The standard InChI is InChI=1S/C24H40N4O3.HI/c1-3-25-24(26-13-9-16-31-20-12-17-30-19-20)27-18-22(28-14-7-4-8-15-28)21-10-5-6-11-23(21)29-2;/h5-6,10-11,20,22H,3-4,7-9,12-19H2,1-2H3,(H2,25,26,27);1H. The Morgan fingerprint density at radius 2 is 2.03 bits per heavy atom. The largest absolute Gasteiger partial charge is 0.496 e. The van der Waals surface area contributed by atoms with Crippen LogP contribution >= 0.6 is 24.0 Å². The van der Waals surface area contributed by atoms with Gasteiger partial charge in [0.1, 0.15) is 5.75 Å². The summed E-state index contributed by atoms with van der Waals surface area (Å²) >= 11 is 0. The predicted octanol–water partition coefficient (Wildman–Crippen LogP) is 3.59. The number of benzene rings is 1. The fourth-order valence-electron chi connectivity index (χ4n) is 4.28. The zero-order chi connectivity index (χ0) is 21.7. The molecule has 3 rings (SSSR count). The van der Waals surface area contributed by atoms with Gasteiger partial charge in [-0.3, -0.25) is 9.89 Å². The van der Waals surface area contributed by atoms with E-state index in [0.29, 0.717) is 6.54 Å². The van der Waals surface area contributed by atoms with Crippen LogP contribution in [-0.4, -0.2) is 76.6 Å². The molecule has 8 heteroatoms. The van der Waals surface area contributed by atoms with Gasteiger partial charge in [0.05, 0.1) is 32.4 Å². The summed E-state index contributed by atoms with van der Waals surface area (Å²) in [4.78, 5) is 7.51. The Bertz CT molecular complexity index is 664. The molecule has 2 atom stereocenters. The summed E-state index contributed by atoms with van der Waals surface area (Å²) in [7, 11) is 1.75. The van der Waals surface area contributed by atoms with E-state index >= 15 is 0 Å². The van der Waals surface area contributed by atoms with Crippen molar-refractivity contribution < 1.29 is 14.2 Å². The van der Waals surface area contributed by atoms with Gasteiger partial charge < -0.3 is 24.8 Å². The molecule has 1 aromatic rings. The maximum Gasteiger partial charge on any atom is 0.191 e. The molecule has 0 aliphatic carbocycles. The number of ether oxygens (including phenoxy) is 3. The zero-order valence-corrected chi connectivity index (χ0v) is 22.0. The molecule has 2 saturated heterocycles. The first-order valence-electron chi connectivity index (χ1n) is 11.9. The summed E-state index contributed by atoms with van der Waals surface area (Å²) in [5.74, 6) is 1.81. The average Bonchev–Trinajstić information content (AvgIpc) is 3.33. The SMILES string of the molecule is CCNC(=NCC(c1ccccc1OC)N1CCCCC1)NCCCOC1CCOC1.I. The monoisotopic (exact) mass is 560 g/mol. The Kier molecular flexibility index (Phi) is 13.3. The first-order chi connectivity index (χ1) is 15.3. The third-order valence-corrected chi connectivity index (χ3v) is 5.95. The van der Waals surface area contributed by atoms with Crippen molar-refractivity contribution in [2.45, 2.75) is 51.2 Å². The Hall–Kier alpha value is -1.10. The smallest absolute Gasteiger partial charge is 0.191 e. The van der Waals surface area contributed by atoms with Crippen molar-refractivity contribution in [2.75, 3.05) is 59.7 Å². The number of nitrogens with one attached hydrogen (secondary N) is 2. The predicted molar refractivity (Wildman–Crippen MR) is 140 cm³/mol. The molecule has 0 bridgehead atoms. The van der Waals surface area contributed by atoms with Crippen LogP contribution in [0.1, 0.15) is 50.6 Å². The van der Waals surface area contributed by atoms with Crippen LogP contribution in [0.2, 0.25) is 0 Å². The molecular formula is C24H41IN4O3. The lowest BCUT2D eigenvalue weighted by molar-refractivity contribution is 0.0420. The van der Waals surface area contributed by atoms with Gasteiger partial charge in [0.25, 0.3) is 0 Å². The summed E-state index contributed by atoms with van der Waals surface area (Å²) in [6.07, 6.45) is 6.05. The Morgan fingerprint density at radius 1 is 1.22 bits per heavy atom. The summed E-state index contributed by atoms with van der Waals surface area (Å²) in [5, 5.41) is 6.84. The Morgan fingerprint density at radius 3 is 2.75 bits per heavy atom. The number of likely N-dealkylation sites (tertiary alicyclic amines) is 1. The van der Waals surface area contributed by atoms with Gasteiger partial charge in [-0.1, -0.05) is 24.6 Å². The van der Waals surface area contributed by atoms with Gasteiger partial charge in [0.2, 0.25) is 0 Å². The Labute approximate surface area is 210 Å². The van der Waals surface area contributed by atoms with Crippen LogP contribution in [0.3, 0.4) is 0 Å². The van der Waals surface area contributed by atoms with E-state index in [1.54, 1.807) is 7.11 Å². The highest BCUT2D eigenvalue weighted by atomic mass is 127. The van der Waals surface area contributed by atoms with Crippen molar-refractivity contribution in [2.24, 2.45) is 4.99 Å². The van der Waals surface area contributed by atoms with Crippen LogP contribution in [0.4, 0.5) is 0 Å². The normalized spacial score (nSPS) is 20.4. The molecule has 1 aromatic carbocycles. The van der Waals surface area contributed by atoms with Crippen LogP contribution in [0.15, 0.2) is 29.3 Å². The molecule has 0 radical (unpaired) electrons. The van der Waals surface area contributed by atoms with E-state index < -0.39 is 0 Å². The minimum absolute atomic E-state index is 0. The number of piperidine rings is 1. The second kappa shape index (κ2) is 15.7. The number of guanidine groups is 1. The molecule has 2 unspecified atom stereocenters. The molecule has 0 amide bonds. The summed E-state index contributed by atoms with van der Waals surface area (Å²) in [5.41, 5.74) is 1.22. The van der Waals surface area contributed by atoms with Crippen molar-refractivity contribution in [1.29, 1.82) is 0 Å². The van der Waals surface area contributed by atoms with Gasteiger partial charge in [-0.25, -0.2) is 0 Å². The highest BCUT2D eigenvalue weighted by molar-refractivity contribution is 14.0. The molecule has 2 aliphatic rings. The molecule has 2 heterocycles. The Balaban J connectivity index is 0.00000363. The number of aliphatic imine (C=N–C) groups is 1. The molecule has 2 N–H and O–H groups in total. The average molecular weight is 561 g/mol. The number of nitrogens with zero attached hydrogens (tertiary/aromatic N) is 2. The number of hydrogen-bond acceptors (Lipinski definition) is 5. The van der Waals surface area contributed by atoms with Crippen molar-refractivity contribution >= 4 is 29.9 Å². The van der Waals surface area contributed by atoms with Crippen molar-refractivity contribution in [3.8, 4) is 5.75 Å². The van der Waals surface area contributed by atoms with E-state index in [2.05, 4.69) is 40.7 Å². The maximum absolute atomic E-state index is 5.86. The molecule has 7 nitrogen and oxygen atoms in total. The van der Waals surface area contributed by atoms with E-state index in [0.717, 1.165) is 70.6 Å². The van der Waals surface area contributed by atoms with Gasteiger partial charge in [-0.05, 0) is 51.8 Å². The number of methoxy groups -OCH3 is 1. The molecule has 182 valence electrons. The van der Waals surface area contributed by atoms with Crippen LogP contribution in [0.25, 0.3) is 0 Å². The number of para-hydroxylation sites is 1. The fraction of sp³-hybridized carbons (Fsp3) is 0.708. The highest BCUT2D eigenvalue weighted by Gasteiger charge is 2.24. The van der Waals surface area contributed by atoms with Crippen molar-refractivity contribution in [3.05, 3.63) is 29.8 Å². The van der Waals surface area contributed by atoms with Crippen LogP contribution in [-0.2, 0) is 9.47 Å². The van der Waals surface area contributed by atoms with Gasteiger partial charge in [0.15, 0.2) is 5.96 Å². The third kappa shape index (κ3) is 8.68. The molecule has 0 saturated carbocycles. The van der Waals surface area contributed by atoms with E-state index in [1.165, 1.54) is 24.8 Å². The quantitative estimate of drug-likeness (QED) is 0.187. The van der Waals surface area contributed by atoms with Crippen LogP contribution in [0, 0.1) is 0 Å². The van der Waals surface area contributed by atoms with Crippen LogP contribution < -0.4 is 15.4 Å². The fourth-order valence-corrected chi connectivity index (χ4v) is 4.28. The van der Waals surface area contributed by atoms with E-state index in [4.69, 9.17) is 19.2 Å². The lowest BCUT2D eigenvalue weighted by Gasteiger charge is -2.34. The highest BCUT2D eigenvalue weighted by Crippen LogP contribution is 2.31. The minimum Gasteiger partial charge on any atom is -0.496 e. The second-order valence-electron chi connectivity index (χ2n) is 8.21. The van der Waals surface area contributed by atoms with Gasteiger partial charge in [-0.2, -0.15) is 0 Å². The lowest BCUT2D eigenvalue weighted by Crippen LogP contribution is -2.40. The number of rotatable bonds is 11. The second-order valence-corrected chi connectivity index (χ2v) is 8.21. The van der Waals surface area contributed by atoms with Gasteiger partial charge in [-0.15, -0.1) is 24.0 Å². The van der Waals surface area contributed by atoms with E-state index in [-0.39, 0.29) is 36.1 Å². The first kappa shape index (κ1) is 27.1. The van der Waals surface area contributed by atoms with Crippen LogP contribution in [0.5, 0.6) is 5.75 Å². The molecule has 2 aliphatic heterocycles.